The fraction of sp³-hybridized carbons (Fsp3) is 0.375. The number of aliphatic hydroxyl groups excluding tert-OH is 1. The SMILES string of the molecule is C=Cc1cnc2c(N[C@@H](CO)CCCC)nc(NCc3ccc(OC)cc3OC)nc2c1. The summed E-state index contributed by atoms with van der Waals surface area (Å²) in [5.41, 5.74) is 3.16. The normalized spacial score (nSPS) is 11.8. The van der Waals surface area contributed by atoms with Gasteiger partial charge in [-0.1, -0.05) is 32.4 Å². The molecule has 1 aromatic carbocycles. The lowest BCUT2D eigenvalue weighted by Gasteiger charge is -2.18. The highest BCUT2D eigenvalue weighted by Crippen LogP contribution is 2.26. The second-order valence-corrected chi connectivity index (χ2v) is 7.43. The molecule has 3 N–H and O–H groups in total. The van der Waals surface area contributed by atoms with E-state index in [-0.39, 0.29) is 12.6 Å². The summed E-state index contributed by atoms with van der Waals surface area (Å²) in [6.45, 7) is 6.42. The van der Waals surface area contributed by atoms with Crippen LogP contribution in [0.1, 0.15) is 37.3 Å². The molecule has 0 radical (unpaired) electrons. The Balaban J connectivity index is 1.91. The van der Waals surface area contributed by atoms with Crippen molar-refractivity contribution in [3.05, 3.63) is 48.2 Å². The van der Waals surface area contributed by atoms with E-state index in [1.165, 1.54) is 0 Å². The van der Waals surface area contributed by atoms with Gasteiger partial charge in [0.1, 0.15) is 17.0 Å². The molecule has 0 saturated carbocycles. The van der Waals surface area contributed by atoms with E-state index >= 15 is 0 Å². The summed E-state index contributed by atoms with van der Waals surface area (Å²) in [7, 11) is 3.25. The minimum absolute atomic E-state index is 0.0159. The second-order valence-electron chi connectivity index (χ2n) is 7.43. The van der Waals surface area contributed by atoms with Crippen LogP contribution >= 0.6 is 0 Å². The third-order valence-electron chi connectivity index (χ3n) is 5.19. The molecule has 32 heavy (non-hydrogen) atoms. The molecule has 0 saturated heterocycles. The van der Waals surface area contributed by atoms with Gasteiger partial charge in [-0.15, -0.1) is 0 Å². The van der Waals surface area contributed by atoms with E-state index in [0.717, 1.165) is 36.1 Å². The predicted octanol–water partition coefficient (Wildman–Crippen LogP) is 4.26. The molecular formula is C24H31N5O3. The minimum atomic E-state index is -0.108. The van der Waals surface area contributed by atoms with Crippen molar-refractivity contribution in [2.45, 2.75) is 38.8 Å². The number of benzene rings is 1. The number of unbranched alkanes of at least 4 members (excludes halogenated alkanes) is 1. The van der Waals surface area contributed by atoms with Gasteiger partial charge in [0.15, 0.2) is 5.82 Å². The Bertz CT molecular complexity index is 1060. The number of methoxy groups -OCH3 is 2. The number of nitrogens with one attached hydrogen (secondary N) is 2. The van der Waals surface area contributed by atoms with Gasteiger partial charge in [-0.25, -0.2) is 4.98 Å². The van der Waals surface area contributed by atoms with Crippen LogP contribution in [0.3, 0.4) is 0 Å². The van der Waals surface area contributed by atoms with Crippen molar-refractivity contribution < 1.29 is 14.6 Å². The van der Waals surface area contributed by atoms with Crippen LogP contribution < -0.4 is 20.1 Å². The number of fused-ring (bicyclic) bond motifs is 1. The first-order chi connectivity index (χ1) is 15.6. The number of aromatic nitrogens is 3. The standard InChI is InChI=1S/C24H31N5O3/c1-5-7-8-18(15-30)27-23-22-20(11-16(6-2)13-25-22)28-24(29-23)26-14-17-9-10-19(31-3)12-21(17)32-4/h6,9-13,18,30H,2,5,7-8,14-15H2,1,3-4H3,(H2,26,27,28,29)/t18-/m1/s1. The van der Waals surface area contributed by atoms with E-state index in [0.29, 0.717) is 35.1 Å². The van der Waals surface area contributed by atoms with Gasteiger partial charge < -0.3 is 25.2 Å². The van der Waals surface area contributed by atoms with Gasteiger partial charge in [0, 0.05) is 24.4 Å². The van der Waals surface area contributed by atoms with Crippen LogP contribution in [-0.2, 0) is 6.54 Å². The van der Waals surface area contributed by atoms with Crippen molar-refractivity contribution >= 4 is 28.9 Å². The number of rotatable bonds is 12. The molecule has 0 spiro atoms. The Kier molecular flexibility index (Phi) is 8.21. The van der Waals surface area contributed by atoms with Crippen molar-refractivity contribution in [2.75, 3.05) is 31.5 Å². The van der Waals surface area contributed by atoms with Gasteiger partial charge in [0.2, 0.25) is 5.95 Å². The zero-order valence-electron chi connectivity index (χ0n) is 18.9. The van der Waals surface area contributed by atoms with Crippen molar-refractivity contribution in [1.29, 1.82) is 0 Å². The largest absolute Gasteiger partial charge is 0.497 e. The number of anilines is 2. The molecule has 3 rings (SSSR count). The topological polar surface area (TPSA) is 101 Å². The second kappa shape index (κ2) is 11.3. The Morgan fingerprint density at radius 3 is 2.72 bits per heavy atom. The number of nitrogens with zero attached hydrogens (tertiary/aromatic N) is 3. The first-order valence-electron chi connectivity index (χ1n) is 10.7. The molecule has 3 aromatic rings. The fourth-order valence-corrected chi connectivity index (χ4v) is 3.35. The molecular weight excluding hydrogens is 406 g/mol. The zero-order valence-corrected chi connectivity index (χ0v) is 18.9. The van der Waals surface area contributed by atoms with Gasteiger partial charge in [0.25, 0.3) is 0 Å². The first-order valence-corrected chi connectivity index (χ1v) is 10.7. The highest BCUT2D eigenvalue weighted by atomic mass is 16.5. The molecule has 8 heteroatoms. The van der Waals surface area contributed by atoms with Crippen LogP contribution in [0.15, 0.2) is 37.0 Å². The highest BCUT2D eigenvalue weighted by molar-refractivity contribution is 5.87. The van der Waals surface area contributed by atoms with E-state index in [1.807, 2.05) is 24.3 Å². The van der Waals surface area contributed by atoms with E-state index in [1.54, 1.807) is 26.5 Å². The maximum atomic E-state index is 9.81. The summed E-state index contributed by atoms with van der Waals surface area (Å²) in [4.78, 5) is 13.8. The number of pyridine rings is 1. The maximum Gasteiger partial charge on any atom is 0.225 e. The molecule has 0 amide bonds. The van der Waals surface area contributed by atoms with Gasteiger partial charge in [-0.3, -0.25) is 4.98 Å². The number of aliphatic hydroxyl groups is 1. The summed E-state index contributed by atoms with van der Waals surface area (Å²) in [6.07, 6.45) is 6.38. The fourth-order valence-electron chi connectivity index (χ4n) is 3.35. The molecule has 2 heterocycles. The van der Waals surface area contributed by atoms with Crippen LogP contribution in [0.2, 0.25) is 0 Å². The van der Waals surface area contributed by atoms with Crippen LogP contribution in [0, 0.1) is 0 Å². The van der Waals surface area contributed by atoms with E-state index in [2.05, 4.69) is 39.1 Å². The molecule has 0 aliphatic heterocycles. The van der Waals surface area contributed by atoms with Crippen LogP contribution in [0.5, 0.6) is 11.5 Å². The van der Waals surface area contributed by atoms with E-state index < -0.39 is 0 Å². The molecule has 1 atom stereocenters. The van der Waals surface area contributed by atoms with Crippen molar-refractivity contribution in [2.24, 2.45) is 0 Å². The third-order valence-corrected chi connectivity index (χ3v) is 5.19. The monoisotopic (exact) mass is 437 g/mol. The van der Waals surface area contributed by atoms with Crippen LogP contribution in [0.25, 0.3) is 17.1 Å². The Morgan fingerprint density at radius 2 is 2.03 bits per heavy atom. The van der Waals surface area contributed by atoms with Crippen LogP contribution in [-0.4, -0.2) is 46.9 Å². The lowest BCUT2D eigenvalue weighted by molar-refractivity contribution is 0.267. The summed E-state index contributed by atoms with van der Waals surface area (Å²) in [5, 5.41) is 16.4. The van der Waals surface area contributed by atoms with E-state index in [4.69, 9.17) is 9.47 Å². The van der Waals surface area contributed by atoms with Gasteiger partial charge in [-0.2, -0.15) is 4.98 Å². The average molecular weight is 438 g/mol. The number of hydrogen-bond donors (Lipinski definition) is 3. The van der Waals surface area contributed by atoms with Gasteiger partial charge in [0.05, 0.1) is 32.4 Å². The third kappa shape index (κ3) is 5.64. The lowest BCUT2D eigenvalue weighted by Crippen LogP contribution is -2.25. The predicted molar refractivity (Wildman–Crippen MR) is 128 cm³/mol. The average Bonchev–Trinajstić information content (AvgIpc) is 2.84. The van der Waals surface area contributed by atoms with Gasteiger partial charge >= 0.3 is 0 Å². The highest BCUT2D eigenvalue weighted by Gasteiger charge is 2.15. The Morgan fingerprint density at radius 1 is 1.19 bits per heavy atom. The molecule has 170 valence electrons. The Hall–Kier alpha value is -3.39. The van der Waals surface area contributed by atoms with Gasteiger partial charge in [-0.05, 0) is 30.2 Å². The van der Waals surface area contributed by atoms with Crippen molar-refractivity contribution in [3.8, 4) is 11.5 Å². The molecule has 2 aromatic heterocycles. The molecule has 8 nitrogen and oxygen atoms in total. The lowest BCUT2D eigenvalue weighted by atomic mass is 10.1. The maximum absolute atomic E-state index is 9.81. The summed E-state index contributed by atoms with van der Waals surface area (Å²) in [5.74, 6) is 2.48. The zero-order chi connectivity index (χ0) is 22.9. The quantitative estimate of drug-likeness (QED) is 0.386. The smallest absolute Gasteiger partial charge is 0.225 e. The van der Waals surface area contributed by atoms with Crippen LogP contribution in [0.4, 0.5) is 11.8 Å². The van der Waals surface area contributed by atoms with Crippen molar-refractivity contribution in [3.63, 3.8) is 0 Å². The molecule has 0 unspecified atom stereocenters. The summed E-state index contributed by atoms with van der Waals surface area (Å²) in [6, 6.07) is 7.47. The first kappa shape index (κ1) is 23.3. The molecule has 0 fully saturated rings. The van der Waals surface area contributed by atoms with E-state index in [9.17, 15) is 5.11 Å². The summed E-state index contributed by atoms with van der Waals surface area (Å²) >= 11 is 0. The summed E-state index contributed by atoms with van der Waals surface area (Å²) < 4.78 is 10.8. The van der Waals surface area contributed by atoms with Crippen molar-refractivity contribution in [1.82, 2.24) is 15.0 Å². The molecule has 0 bridgehead atoms. The molecule has 0 aliphatic rings. The number of hydrogen-bond acceptors (Lipinski definition) is 8. The molecule has 0 aliphatic carbocycles. The minimum Gasteiger partial charge on any atom is -0.497 e. The number of ether oxygens (including phenoxy) is 2. The Labute approximate surface area is 188 Å².